The summed E-state index contributed by atoms with van der Waals surface area (Å²) < 4.78 is 10.6. The molecule has 2 aromatic rings. The maximum Gasteiger partial charge on any atom is 0.352 e. The first kappa shape index (κ1) is 24.0. The van der Waals surface area contributed by atoms with Crippen molar-refractivity contribution in [3.05, 3.63) is 22.3 Å². The van der Waals surface area contributed by atoms with Gasteiger partial charge < -0.3 is 20.0 Å². The van der Waals surface area contributed by atoms with Gasteiger partial charge in [0.1, 0.15) is 23.9 Å². The number of β-lactam (4-membered cyclic amide) rings is 1. The number of nitrogens with one attached hydrogen (secondary N) is 1. The molecule has 0 radical (unpaired) electrons. The predicted octanol–water partition coefficient (Wildman–Crippen LogP) is -1.08. The van der Waals surface area contributed by atoms with Gasteiger partial charge in [0.05, 0.1) is 0 Å². The van der Waals surface area contributed by atoms with Gasteiger partial charge in [-0.15, -0.1) is 22.0 Å². The number of carboxylic acids is 1. The number of ether oxygens (including phenoxy) is 1. The van der Waals surface area contributed by atoms with Crippen LogP contribution < -0.4 is 5.32 Å². The molecule has 2 N–H and O–H groups in total. The topological polar surface area (TPSA) is 187 Å². The molecular formula is C16H17N9O6S3. The summed E-state index contributed by atoms with van der Waals surface area (Å²) in [6.07, 6.45) is 0. The van der Waals surface area contributed by atoms with Crippen molar-refractivity contribution in [3.8, 4) is 0 Å². The van der Waals surface area contributed by atoms with Gasteiger partial charge in [-0.1, -0.05) is 21.4 Å². The van der Waals surface area contributed by atoms with E-state index in [1.54, 1.807) is 7.05 Å². The number of aliphatic carboxylic acids is 1. The zero-order chi connectivity index (χ0) is 24.5. The number of thioether (sulfide) groups is 2. The number of aryl methyl sites for hydroxylation is 1. The lowest BCUT2D eigenvalue weighted by molar-refractivity contribution is -0.191. The number of oxime groups is 1. The highest BCUT2D eigenvalue weighted by Gasteiger charge is 2.66. The quantitative estimate of drug-likeness (QED) is 0.132. The Labute approximate surface area is 204 Å². The summed E-state index contributed by atoms with van der Waals surface area (Å²) in [4.78, 5) is 44.1. The fraction of sp³-hybridized carbons (Fsp3) is 0.438. The molecular weight excluding hydrogens is 510 g/mol. The second kappa shape index (κ2) is 9.65. The number of carboxylic acid groups (broad SMARTS) is 1. The van der Waals surface area contributed by atoms with Crippen LogP contribution in [0, 0.1) is 0 Å². The van der Waals surface area contributed by atoms with Gasteiger partial charge in [0.2, 0.25) is 5.16 Å². The van der Waals surface area contributed by atoms with Crippen LogP contribution in [0.25, 0.3) is 0 Å². The van der Waals surface area contributed by atoms with Crippen molar-refractivity contribution in [1.82, 2.24) is 40.0 Å². The molecule has 1 saturated heterocycles. The molecule has 2 aliphatic heterocycles. The third-order valence-corrected chi connectivity index (χ3v) is 7.87. The minimum absolute atomic E-state index is 0.152. The third-order valence-electron chi connectivity index (χ3n) is 4.89. The number of amides is 2. The van der Waals surface area contributed by atoms with Crippen LogP contribution in [0.1, 0.15) is 5.69 Å². The summed E-state index contributed by atoms with van der Waals surface area (Å²) in [6, 6.07) is 0. The Morgan fingerprint density at radius 3 is 2.79 bits per heavy atom. The molecule has 18 heteroatoms. The van der Waals surface area contributed by atoms with Gasteiger partial charge in [0.25, 0.3) is 17.5 Å². The van der Waals surface area contributed by atoms with Gasteiger partial charge in [-0.3, -0.25) is 14.5 Å². The average molecular weight is 528 g/mol. The lowest BCUT2D eigenvalue weighted by Gasteiger charge is -2.55. The summed E-state index contributed by atoms with van der Waals surface area (Å²) in [5.41, 5.74) is -1.50. The number of hydrogen-bond donors (Lipinski definition) is 2. The second-order valence-electron chi connectivity index (χ2n) is 6.78. The van der Waals surface area contributed by atoms with Crippen molar-refractivity contribution in [1.29, 1.82) is 0 Å². The molecule has 0 bridgehead atoms. The number of fused-ring (bicyclic) bond motifs is 1. The van der Waals surface area contributed by atoms with Crippen molar-refractivity contribution >= 4 is 58.6 Å². The SMILES string of the molecule is CO/N=C(/C(=O)NC1(OC)C(=O)N2C(C(=O)O)=C(CSc3nnnn3C)CS[C@@H]21)c1csnn1. The van der Waals surface area contributed by atoms with Crippen molar-refractivity contribution in [2.75, 3.05) is 25.7 Å². The second-order valence-corrected chi connectivity index (χ2v) is 9.40. The number of tetrazole rings is 1. The van der Waals surface area contributed by atoms with Crippen LogP contribution in [0.3, 0.4) is 0 Å². The average Bonchev–Trinajstić information content (AvgIpc) is 3.50. The first-order valence-corrected chi connectivity index (χ1v) is 12.2. The van der Waals surface area contributed by atoms with E-state index in [1.807, 2.05) is 0 Å². The van der Waals surface area contributed by atoms with Crippen LogP contribution in [0.4, 0.5) is 0 Å². The smallest absolute Gasteiger partial charge is 0.352 e. The lowest BCUT2D eigenvalue weighted by atomic mass is 9.98. The molecule has 2 atom stereocenters. The van der Waals surface area contributed by atoms with Crippen LogP contribution in [0.5, 0.6) is 0 Å². The van der Waals surface area contributed by atoms with Gasteiger partial charge in [0.15, 0.2) is 5.71 Å². The highest BCUT2D eigenvalue weighted by Crippen LogP contribution is 2.47. The van der Waals surface area contributed by atoms with E-state index in [9.17, 15) is 19.5 Å². The zero-order valence-electron chi connectivity index (χ0n) is 17.9. The summed E-state index contributed by atoms with van der Waals surface area (Å²) in [5, 5.41) is 32.2. The summed E-state index contributed by atoms with van der Waals surface area (Å²) in [7, 11) is 4.18. The standard InChI is InChI=1S/C16H17N9O6S3/c1-24-15(19-21-22-24)33-5-7-4-32-14-16(30-2,13(29)25(14)10(7)12(27)28)17-11(26)9(20-31-3)8-6-34-23-18-8/h6,14H,4-5H2,1-3H3,(H,17,26)(H,27,28)/b20-9+/t14-,16?/m1/s1. The van der Waals surface area contributed by atoms with Gasteiger partial charge in [-0.25, -0.2) is 9.48 Å². The van der Waals surface area contributed by atoms with Crippen molar-refractivity contribution in [2.45, 2.75) is 16.3 Å². The molecule has 180 valence electrons. The Morgan fingerprint density at radius 1 is 1.41 bits per heavy atom. The van der Waals surface area contributed by atoms with Crippen LogP contribution in [0.15, 0.2) is 27.0 Å². The van der Waals surface area contributed by atoms with Crippen LogP contribution in [0.2, 0.25) is 0 Å². The molecule has 2 aromatic heterocycles. The van der Waals surface area contributed by atoms with Crippen molar-refractivity contribution < 1.29 is 29.1 Å². The monoisotopic (exact) mass is 527 g/mol. The normalized spacial score (nSPS) is 22.3. The van der Waals surface area contributed by atoms with Gasteiger partial charge >= 0.3 is 5.97 Å². The molecule has 0 spiro atoms. The van der Waals surface area contributed by atoms with E-state index in [4.69, 9.17) is 9.57 Å². The number of carbonyl (C=O) groups is 3. The van der Waals surface area contributed by atoms with Gasteiger partial charge in [-0.2, -0.15) is 0 Å². The van der Waals surface area contributed by atoms with E-state index in [-0.39, 0.29) is 28.6 Å². The summed E-state index contributed by atoms with van der Waals surface area (Å²) >= 11 is 3.51. The molecule has 0 aromatic carbocycles. The van der Waals surface area contributed by atoms with Gasteiger partial charge in [-0.05, 0) is 27.5 Å². The maximum absolute atomic E-state index is 13.2. The number of rotatable bonds is 9. The minimum Gasteiger partial charge on any atom is -0.477 e. The minimum atomic E-state index is -1.80. The van der Waals surface area contributed by atoms with E-state index in [0.717, 1.165) is 16.4 Å². The van der Waals surface area contributed by atoms with E-state index in [0.29, 0.717) is 10.7 Å². The molecule has 34 heavy (non-hydrogen) atoms. The molecule has 4 rings (SSSR count). The van der Waals surface area contributed by atoms with E-state index in [2.05, 4.69) is 35.6 Å². The summed E-state index contributed by atoms with van der Waals surface area (Å²) in [6.45, 7) is 0. The number of carbonyl (C=O) groups excluding carboxylic acids is 2. The van der Waals surface area contributed by atoms with Gasteiger partial charge in [0, 0.05) is 31.0 Å². The molecule has 2 aliphatic rings. The molecule has 2 amide bonds. The molecule has 0 saturated carbocycles. The Kier molecular flexibility index (Phi) is 6.82. The van der Waals surface area contributed by atoms with Crippen LogP contribution in [-0.2, 0) is 31.0 Å². The number of hydrogen-bond acceptors (Lipinski definition) is 14. The van der Waals surface area contributed by atoms with Crippen LogP contribution >= 0.6 is 35.1 Å². The Hall–Kier alpha value is -3.09. The predicted molar refractivity (Wildman–Crippen MR) is 119 cm³/mol. The Bertz CT molecular complexity index is 1180. The lowest BCUT2D eigenvalue weighted by Crippen LogP contribution is -2.81. The fourth-order valence-electron chi connectivity index (χ4n) is 3.34. The van der Waals surface area contributed by atoms with E-state index >= 15 is 0 Å². The first-order chi connectivity index (χ1) is 16.3. The highest BCUT2D eigenvalue weighted by molar-refractivity contribution is 8.01. The van der Waals surface area contributed by atoms with Crippen LogP contribution in [-0.4, -0.2) is 100 Å². The molecule has 15 nitrogen and oxygen atoms in total. The zero-order valence-corrected chi connectivity index (χ0v) is 20.3. The van der Waals surface area contributed by atoms with E-state index < -0.39 is 28.9 Å². The molecule has 0 aliphatic carbocycles. The van der Waals surface area contributed by atoms with Crippen molar-refractivity contribution in [2.24, 2.45) is 12.2 Å². The summed E-state index contributed by atoms with van der Waals surface area (Å²) in [5.74, 6) is -2.25. The highest BCUT2D eigenvalue weighted by atomic mass is 32.2. The fourth-order valence-corrected chi connectivity index (χ4v) is 6.21. The van der Waals surface area contributed by atoms with Crippen molar-refractivity contribution in [3.63, 3.8) is 0 Å². The van der Waals surface area contributed by atoms with E-state index in [1.165, 1.54) is 47.8 Å². The maximum atomic E-state index is 13.2. The first-order valence-electron chi connectivity index (χ1n) is 9.36. The molecule has 1 unspecified atom stereocenters. The Balaban J connectivity index is 1.58. The molecule has 1 fully saturated rings. The molecule has 4 heterocycles. The number of aromatic nitrogens is 6. The number of nitrogens with zero attached hydrogens (tertiary/aromatic N) is 8. The number of methoxy groups -OCH3 is 1. The Morgan fingerprint density at radius 2 is 2.21 bits per heavy atom. The largest absolute Gasteiger partial charge is 0.477 e. The third kappa shape index (κ3) is 4.01.